The van der Waals surface area contributed by atoms with Gasteiger partial charge in [0.1, 0.15) is 17.3 Å². The number of methoxy groups -OCH3 is 1. The number of para-hydroxylation sites is 2. The van der Waals surface area contributed by atoms with E-state index in [1.165, 1.54) is 16.1 Å². The summed E-state index contributed by atoms with van der Waals surface area (Å²) >= 11 is 1.93. The van der Waals surface area contributed by atoms with Crippen molar-refractivity contribution in [3.63, 3.8) is 0 Å². The first-order valence-corrected chi connectivity index (χ1v) is 9.81. The number of nitrogens with zero attached hydrogens (tertiary/aromatic N) is 1. The van der Waals surface area contributed by atoms with Crippen LogP contribution in [0.4, 0.5) is 5.69 Å². The van der Waals surface area contributed by atoms with Crippen LogP contribution in [0, 0.1) is 6.92 Å². The van der Waals surface area contributed by atoms with Crippen molar-refractivity contribution < 1.29 is 9.15 Å². The van der Waals surface area contributed by atoms with Crippen molar-refractivity contribution >= 4 is 17.4 Å². The first kappa shape index (κ1) is 17.1. The summed E-state index contributed by atoms with van der Waals surface area (Å²) in [6.45, 7) is 3.77. The smallest absolute Gasteiger partial charge is 0.123 e. The number of thioether (sulfide) groups is 1. The summed E-state index contributed by atoms with van der Waals surface area (Å²) in [5, 5.41) is 0.371. The van der Waals surface area contributed by atoms with Crippen LogP contribution in [0.3, 0.4) is 0 Å². The van der Waals surface area contributed by atoms with E-state index in [0.29, 0.717) is 5.25 Å². The van der Waals surface area contributed by atoms with Crippen LogP contribution in [0.25, 0.3) is 0 Å². The zero-order chi connectivity index (χ0) is 17.9. The van der Waals surface area contributed by atoms with Crippen molar-refractivity contribution in [1.29, 1.82) is 0 Å². The molecule has 1 aliphatic heterocycles. The van der Waals surface area contributed by atoms with Gasteiger partial charge in [0.2, 0.25) is 0 Å². The van der Waals surface area contributed by atoms with Crippen molar-refractivity contribution in [2.75, 3.05) is 18.6 Å². The molecule has 4 heteroatoms. The molecule has 0 fully saturated rings. The van der Waals surface area contributed by atoms with Crippen LogP contribution in [-0.4, -0.2) is 13.7 Å². The largest absolute Gasteiger partial charge is 0.496 e. The first-order valence-electron chi connectivity index (χ1n) is 8.93. The van der Waals surface area contributed by atoms with E-state index in [4.69, 9.17) is 9.15 Å². The molecule has 0 spiro atoms. The lowest BCUT2D eigenvalue weighted by atomic mass is 10.1. The van der Waals surface area contributed by atoms with E-state index >= 15 is 0 Å². The predicted molar refractivity (Wildman–Crippen MR) is 107 cm³/mol. The minimum atomic E-state index is 0.371. The summed E-state index contributed by atoms with van der Waals surface area (Å²) in [5.74, 6) is 2.94. The first-order chi connectivity index (χ1) is 12.7. The summed E-state index contributed by atoms with van der Waals surface area (Å²) < 4.78 is 11.4. The number of fused-ring (bicyclic) bond motifs is 1. The van der Waals surface area contributed by atoms with E-state index in [-0.39, 0.29) is 0 Å². The molecule has 2 heterocycles. The third-order valence-corrected chi connectivity index (χ3v) is 6.14. The maximum Gasteiger partial charge on any atom is 0.123 e. The van der Waals surface area contributed by atoms with Gasteiger partial charge in [0.25, 0.3) is 0 Å². The zero-order valence-corrected chi connectivity index (χ0v) is 16.0. The molecule has 134 valence electrons. The van der Waals surface area contributed by atoms with Gasteiger partial charge in [0, 0.05) is 22.3 Å². The molecule has 3 nitrogen and oxygen atoms in total. The summed E-state index contributed by atoms with van der Waals surface area (Å²) in [5.41, 5.74) is 2.55. The number of aryl methyl sites for hydroxylation is 1. The number of hydrogen-bond donors (Lipinski definition) is 0. The molecule has 1 aromatic heterocycles. The molecule has 1 unspecified atom stereocenters. The molecular formula is C22H23NO2S. The van der Waals surface area contributed by atoms with E-state index < -0.39 is 0 Å². The lowest BCUT2D eigenvalue weighted by molar-refractivity contribution is 0.408. The zero-order valence-electron chi connectivity index (χ0n) is 15.1. The Labute approximate surface area is 159 Å². The van der Waals surface area contributed by atoms with Gasteiger partial charge >= 0.3 is 0 Å². The van der Waals surface area contributed by atoms with Crippen LogP contribution in [0.2, 0.25) is 0 Å². The molecule has 3 aromatic rings. The summed E-state index contributed by atoms with van der Waals surface area (Å²) in [6, 6.07) is 21.1. The van der Waals surface area contributed by atoms with Gasteiger partial charge in [0.15, 0.2) is 0 Å². The fourth-order valence-electron chi connectivity index (χ4n) is 3.50. The SMILES string of the molecule is COc1ccccc1C1CCN(Cc2ccc(C)o2)c2ccccc2S1. The molecule has 0 bridgehead atoms. The topological polar surface area (TPSA) is 25.6 Å². The van der Waals surface area contributed by atoms with Crippen LogP contribution in [0.15, 0.2) is 70.0 Å². The lowest BCUT2D eigenvalue weighted by Crippen LogP contribution is -2.23. The fraction of sp³-hybridized carbons (Fsp3) is 0.273. The van der Waals surface area contributed by atoms with Gasteiger partial charge in [-0.25, -0.2) is 0 Å². The summed E-state index contributed by atoms with van der Waals surface area (Å²) in [6.07, 6.45) is 1.05. The second kappa shape index (κ2) is 7.50. The highest BCUT2D eigenvalue weighted by Gasteiger charge is 2.25. The van der Waals surface area contributed by atoms with Crippen molar-refractivity contribution in [1.82, 2.24) is 0 Å². The highest BCUT2D eigenvalue weighted by atomic mass is 32.2. The van der Waals surface area contributed by atoms with Gasteiger partial charge in [0.05, 0.1) is 19.3 Å². The van der Waals surface area contributed by atoms with E-state index in [9.17, 15) is 0 Å². The monoisotopic (exact) mass is 365 g/mol. The number of hydrogen-bond acceptors (Lipinski definition) is 4. The van der Waals surface area contributed by atoms with Crippen LogP contribution in [0.5, 0.6) is 5.75 Å². The average molecular weight is 365 g/mol. The van der Waals surface area contributed by atoms with Gasteiger partial charge in [-0.15, -0.1) is 11.8 Å². The van der Waals surface area contributed by atoms with E-state index in [1.807, 2.05) is 30.8 Å². The quantitative estimate of drug-likeness (QED) is 0.580. The third kappa shape index (κ3) is 3.47. The second-order valence-corrected chi connectivity index (χ2v) is 7.78. The van der Waals surface area contributed by atoms with E-state index in [1.54, 1.807) is 7.11 Å². The molecule has 0 saturated heterocycles. The summed E-state index contributed by atoms with van der Waals surface area (Å²) in [4.78, 5) is 3.74. The Bertz CT molecular complexity index is 889. The fourth-order valence-corrected chi connectivity index (χ4v) is 4.82. The van der Waals surface area contributed by atoms with Gasteiger partial charge in [-0.2, -0.15) is 0 Å². The highest BCUT2D eigenvalue weighted by Crippen LogP contribution is 2.47. The third-order valence-electron chi connectivity index (χ3n) is 4.76. The average Bonchev–Trinajstić information content (AvgIpc) is 2.99. The Balaban J connectivity index is 1.65. The molecule has 2 aromatic carbocycles. The van der Waals surface area contributed by atoms with Crippen LogP contribution in [0.1, 0.15) is 28.8 Å². The standard InChI is InChI=1S/C22H23NO2S/c1-16-11-12-17(25-16)15-23-14-13-21(18-7-3-5-9-20(18)24-2)26-22-10-6-4-8-19(22)23/h3-12,21H,13-15H2,1-2H3. The molecule has 0 saturated carbocycles. The molecule has 0 radical (unpaired) electrons. The number of benzene rings is 2. The molecule has 0 amide bonds. The molecule has 26 heavy (non-hydrogen) atoms. The number of anilines is 1. The summed E-state index contributed by atoms with van der Waals surface area (Å²) in [7, 11) is 1.75. The van der Waals surface area contributed by atoms with Crippen LogP contribution in [-0.2, 0) is 6.54 Å². The van der Waals surface area contributed by atoms with Gasteiger partial charge in [-0.05, 0) is 43.7 Å². The van der Waals surface area contributed by atoms with Crippen molar-refractivity contribution in [2.45, 2.75) is 30.0 Å². The van der Waals surface area contributed by atoms with Gasteiger partial charge < -0.3 is 14.1 Å². The van der Waals surface area contributed by atoms with Crippen molar-refractivity contribution in [3.8, 4) is 5.75 Å². The normalized spacial score (nSPS) is 16.8. The Morgan fingerprint density at radius 2 is 1.88 bits per heavy atom. The minimum absolute atomic E-state index is 0.371. The minimum Gasteiger partial charge on any atom is -0.496 e. The Hall–Kier alpha value is -2.33. The predicted octanol–water partition coefficient (Wildman–Crippen LogP) is 5.84. The molecular weight excluding hydrogens is 342 g/mol. The Morgan fingerprint density at radius 3 is 2.69 bits per heavy atom. The second-order valence-electron chi connectivity index (χ2n) is 6.54. The number of furan rings is 1. The van der Waals surface area contributed by atoms with Gasteiger partial charge in [-0.3, -0.25) is 0 Å². The molecule has 0 N–H and O–H groups in total. The van der Waals surface area contributed by atoms with Crippen LogP contribution < -0.4 is 9.64 Å². The number of ether oxygens (including phenoxy) is 1. The van der Waals surface area contributed by atoms with Crippen molar-refractivity contribution in [2.24, 2.45) is 0 Å². The molecule has 0 aliphatic carbocycles. The molecule has 4 rings (SSSR count). The highest BCUT2D eigenvalue weighted by molar-refractivity contribution is 7.99. The van der Waals surface area contributed by atoms with E-state index in [0.717, 1.165) is 36.8 Å². The van der Waals surface area contributed by atoms with E-state index in [2.05, 4.69) is 53.4 Å². The maximum absolute atomic E-state index is 5.82. The van der Waals surface area contributed by atoms with Crippen molar-refractivity contribution in [3.05, 3.63) is 77.7 Å². The molecule has 1 atom stereocenters. The lowest BCUT2D eigenvalue weighted by Gasteiger charge is -2.23. The van der Waals surface area contributed by atoms with Crippen LogP contribution >= 0.6 is 11.8 Å². The number of rotatable bonds is 4. The maximum atomic E-state index is 5.82. The van der Waals surface area contributed by atoms with Gasteiger partial charge in [-0.1, -0.05) is 30.3 Å². The Kier molecular flexibility index (Phi) is 4.93. The Morgan fingerprint density at radius 1 is 1.08 bits per heavy atom. The molecule has 1 aliphatic rings.